The number of rotatable bonds is 3. The second-order valence-electron chi connectivity index (χ2n) is 9.23. The Hall–Kier alpha value is -2.25. The SMILES string of the molecule is CC1(C)CN(C(=O)Cn2cnc3c2CCNC32CCOCC2)C1c1ccncc1. The Balaban J connectivity index is 1.37. The van der Waals surface area contributed by atoms with Gasteiger partial charge in [-0.2, -0.15) is 0 Å². The fourth-order valence-corrected chi connectivity index (χ4v) is 5.41. The van der Waals surface area contributed by atoms with E-state index in [1.54, 1.807) is 12.4 Å². The van der Waals surface area contributed by atoms with E-state index in [1.165, 1.54) is 5.69 Å². The number of aromatic nitrogens is 3. The van der Waals surface area contributed by atoms with Crippen LogP contribution in [0.25, 0.3) is 0 Å². The van der Waals surface area contributed by atoms with Gasteiger partial charge in [-0.3, -0.25) is 9.78 Å². The van der Waals surface area contributed by atoms with Crippen molar-refractivity contribution in [2.75, 3.05) is 26.3 Å². The number of nitrogens with zero attached hydrogens (tertiary/aromatic N) is 4. The molecule has 0 saturated carbocycles. The lowest BCUT2D eigenvalue weighted by atomic mass is 9.72. The van der Waals surface area contributed by atoms with Crippen LogP contribution in [-0.2, 0) is 28.0 Å². The summed E-state index contributed by atoms with van der Waals surface area (Å²) in [6.45, 7) is 8.01. The second kappa shape index (κ2) is 6.92. The molecule has 1 amide bonds. The van der Waals surface area contributed by atoms with Crippen molar-refractivity contribution in [3.63, 3.8) is 0 Å². The first-order valence-electron chi connectivity index (χ1n) is 10.6. The summed E-state index contributed by atoms with van der Waals surface area (Å²) < 4.78 is 7.64. The van der Waals surface area contributed by atoms with Crippen LogP contribution in [0.15, 0.2) is 30.9 Å². The summed E-state index contributed by atoms with van der Waals surface area (Å²) in [5, 5.41) is 3.68. The van der Waals surface area contributed by atoms with Gasteiger partial charge in [-0.05, 0) is 30.5 Å². The van der Waals surface area contributed by atoms with Gasteiger partial charge in [0.1, 0.15) is 6.54 Å². The lowest BCUT2D eigenvalue weighted by Gasteiger charge is -2.54. The van der Waals surface area contributed by atoms with Crippen molar-refractivity contribution in [1.82, 2.24) is 24.8 Å². The van der Waals surface area contributed by atoms with Crippen LogP contribution in [0.4, 0.5) is 0 Å². The molecule has 7 heteroatoms. The van der Waals surface area contributed by atoms with Gasteiger partial charge in [0.2, 0.25) is 5.91 Å². The average molecular weight is 396 g/mol. The zero-order chi connectivity index (χ0) is 20.1. The van der Waals surface area contributed by atoms with Crippen molar-refractivity contribution < 1.29 is 9.53 Å². The number of hydrogen-bond acceptors (Lipinski definition) is 5. The van der Waals surface area contributed by atoms with E-state index in [0.717, 1.165) is 56.8 Å². The minimum atomic E-state index is -0.0849. The molecule has 2 saturated heterocycles. The van der Waals surface area contributed by atoms with E-state index in [4.69, 9.17) is 9.72 Å². The third kappa shape index (κ3) is 3.07. The van der Waals surface area contributed by atoms with Crippen molar-refractivity contribution in [1.29, 1.82) is 0 Å². The molecule has 2 aromatic rings. The van der Waals surface area contributed by atoms with E-state index in [0.29, 0.717) is 6.54 Å². The number of hydrogen-bond donors (Lipinski definition) is 1. The highest BCUT2D eigenvalue weighted by molar-refractivity contribution is 5.78. The van der Waals surface area contributed by atoms with Gasteiger partial charge in [-0.1, -0.05) is 13.8 Å². The Kier molecular flexibility index (Phi) is 4.47. The number of nitrogens with one attached hydrogen (secondary N) is 1. The van der Waals surface area contributed by atoms with Crippen LogP contribution in [0, 0.1) is 5.41 Å². The van der Waals surface area contributed by atoms with Crippen molar-refractivity contribution in [3.8, 4) is 0 Å². The second-order valence-corrected chi connectivity index (χ2v) is 9.23. The Bertz CT molecular complexity index is 901. The average Bonchev–Trinajstić information content (AvgIpc) is 3.12. The Morgan fingerprint density at radius 3 is 2.76 bits per heavy atom. The van der Waals surface area contributed by atoms with Gasteiger partial charge >= 0.3 is 0 Å². The lowest BCUT2D eigenvalue weighted by molar-refractivity contribution is -0.152. The smallest absolute Gasteiger partial charge is 0.243 e. The summed E-state index contributed by atoms with van der Waals surface area (Å²) in [6, 6.07) is 4.14. The summed E-state index contributed by atoms with van der Waals surface area (Å²) in [5.41, 5.74) is 3.47. The monoisotopic (exact) mass is 395 g/mol. The molecule has 1 unspecified atom stereocenters. The Morgan fingerprint density at radius 1 is 1.28 bits per heavy atom. The summed E-state index contributed by atoms with van der Waals surface area (Å²) >= 11 is 0. The van der Waals surface area contributed by atoms with Gasteiger partial charge < -0.3 is 19.5 Å². The van der Waals surface area contributed by atoms with Gasteiger partial charge in [0.05, 0.1) is 23.6 Å². The molecule has 3 aliphatic heterocycles. The standard InChI is InChI=1S/C22H29N5O2/c1-21(2)14-27(20(21)16-3-8-23-9-4-16)18(28)13-26-15-24-19-17(26)5-10-25-22(19)6-11-29-12-7-22/h3-4,8-9,15,20,25H,5-7,10-14H2,1-2H3. The molecule has 0 radical (unpaired) electrons. The maximum atomic E-state index is 13.2. The molecule has 5 rings (SSSR count). The van der Waals surface area contributed by atoms with E-state index in [2.05, 4.69) is 28.7 Å². The summed E-state index contributed by atoms with van der Waals surface area (Å²) in [5.74, 6) is 0.158. The number of amides is 1. The molecule has 1 spiro atoms. The molecule has 7 nitrogen and oxygen atoms in total. The lowest BCUT2D eigenvalue weighted by Crippen LogP contribution is -2.58. The van der Waals surface area contributed by atoms with Gasteiger partial charge in [0, 0.05) is 56.2 Å². The van der Waals surface area contributed by atoms with Gasteiger partial charge in [0.15, 0.2) is 0 Å². The van der Waals surface area contributed by atoms with E-state index in [9.17, 15) is 4.79 Å². The third-order valence-electron chi connectivity index (χ3n) is 6.85. The number of imidazole rings is 1. The number of pyridine rings is 1. The van der Waals surface area contributed by atoms with Crippen molar-refractivity contribution in [3.05, 3.63) is 47.8 Å². The molecule has 1 N–H and O–H groups in total. The minimum absolute atomic E-state index is 0.0709. The minimum Gasteiger partial charge on any atom is -0.381 e. The zero-order valence-corrected chi connectivity index (χ0v) is 17.2. The molecule has 154 valence electrons. The van der Waals surface area contributed by atoms with Crippen LogP contribution >= 0.6 is 0 Å². The van der Waals surface area contributed by atoms with Gasteiger partial charge in [-0.25, -0.2) is 4.98 Å². The highest BCUT2D eigenvalue weighted by Gasteiger charge is 2.49. The van der Waals surface area contributed by atoms with E-state index < -0.39 is 0 Å². The molecule has 2 fully saturated rings. The number of fused-ring (bicyclic) bond motifs is 2. The van der Waals surface area contributed by atoms with Crippen molar-refractivity contribution in [2.24, 2.45) is 5.41 Å². The highest BCUT2D eigenvalue weighted by atomic mass is 16.5. The molecule has 0 aliphatic carbocycles. The maximum Gasteiger partial charge on any atom is 0.243 e. The predicted molar refractivity (Wildman–Crippen MR) is 108 cm³/mol. The largest absolute Gasteiger partial charge is 0.381 e. The Labute approximate surface area is 171 Å². The van der Waals surface area contributed by atoms with Crippen LogP contribution in [-0.4, -0.2) is 51.6 Å². The van der Waals surface area contributed by atoms with Crippen LogP contribution in [0.2, 0.25) is 0 Å². The first-order valence-corrected chi connectivity index (χ1v) is 10.6. The Morgan fingerprint density at radius 2 is 2.03 bits per heavy atom. The number of carbonyl (C=O) groups is 1. The van der Waals surface area contributed by atoms with Crippen molar-refractivity contribution in [2.45, 2.75) is 51.2 Å². The molecule has 0 bridgehead atoms. The number of ether oxygens (including phenoxy) is 1. The quantitative estimate of drug-likeness (QED) is 0.861. The molecule has 5 heterocycles. The van der Waals surface area contributed by atoms with Crippen LogP contribution in [0.3, 0.4) is 0 Å². The number of carbonyl (C=O) groups excluding carboxylic acids is 1. The molecule has 2 aromatic heterocycles. The topological polar surface area (TPSA) is 72.3 Å². The normalized spacial score (nSPS) is 24.8. The van der Waals surface area contributed by atoms with E-state index in [-0.39, 0.29) is 22.9 Å². The molecule has 0 aromatic carbocycles. The van der Waals surface area contributed by atoms with Gasteiger partial charge in [-0.15, -0.1) is 0 Å². The zero-order valence-electron chi connectivity index (χ0n) is 17.2. The summed E-state index contributed by atoms with van der Waals surface area (Å²) in [4.78, 5) is 24.1. The fourth-order valence-electron chi connectivity index (χ4n) is 5.41. The number of likely N-dealkylation sites (tertiary alicyclic amines) is 1. The molecular formula is C22H29N5O2. The first-order chi connectivity index (χ1) is 14.0. The first kappa shape index (κ1) is 18.8. The van der Waals surface area contributed by atoms with Crippen molar-refractivity contribution >= 4 is 5.91 Å². The van der Waals surface area contributed by atoms with Crippen LogP contribution in [0.5, 0.6) is 0 Å². The van der Waals surface area contributed by atoms with E-state index >= 15 is 0 Å². The summed E-state index contributed by atoms with van der Waals surface area (Å²) in [6.07, 6.45) is 8.26. The molecule has 29 heavy (non-hydrogen) atoms. The fraction of sp³-hybridized carbons (Fsp3) is 0.591. The molecule has 1 atom stereocenters. The molecular weight excluding hydrogens is 366 g/mol. The van der Waals surface area contributed by atoms with Crippen LogP contribution < -0.4 is 5.32 Å². The third-order valence-corrected chi connectivity index (χ3v) is 6.85. The van der Waals surface area contributed by atoms with Gasteiger partial charge in [0.25, 0.3) is 0 Å². The van der Waals surface area contributed by atoms with Crippen LogP contribution in [0.1, 0.15) is 49.7 Å². The van der Waals surface area contributed by atoms with E-state index in [1.807, 2.05) is 23.4 Å². The predicted octanol–water partition coefficient (Wildman–Crippen LogP) is 2.04. The molecule has 3 aliphatic rings. The summed E-state index contributed by atoms with van der Waals surface area (Å²) in [7, 11) is 0. The maximum absolute atomic E-state index is 13.2. The highest BCUT2D eigenvalue weighted by Crippen LogP contribution is 2.48.